The van der Waals surface area contributed by atoms with Gasteiger partial charge in [0.2, 0.25) is 0 Å². The average Bonchev–Trinajstić information content (AvgIpc) is 2.91. The Morgan fingerprint density at radius 1 is 1.21 bits per heavy atom. The molecule has 0 amide bonds. The minimum atomic E-state index is 0.700. The van der Waals surface area contributed by atoms with Crippen molar-refractivity contribution in [3.8, 4) is 0 Å². The number of fused-ring (bicyclic) bond motifs is 1. The molecule has 98 valence electrons. The standard InChI is InChI=1S/C13H10Cl2N2S2/c14-9-2-1-3-10-12(9)17(13(18)16-10)7-6-8-4-5-11(15)19-8/h1-5H,6-7H2,(H,16,18). The van der Waals surface area contributed by atoms with Crippen molar-refractivity contribution in [2.24, 2.45) is 0 Å². The molecule has 0 spiro atoms. The molecule has 0 aliphatic rings. The second-order valence-electron chi connectivity index (χ2n) is 4.17. The molecule has 0 aliphatic carbocycles. The van der Waals surface area contributed by atoms with Crippen LogP contribution < -0.4 is 0 Å². The number of H-pyrrole nitrogens is 1. The summed E-state index contributed by atoms with van der Waals surface area (Å²) in [4.78, 5) is 4.42. The molecule has 1 N–H and O–H groups in total. The van der Waals surface area contributed by atoms with Crippen molar-refractivity contribution in [2.75, 3.05) is 0 Å². The van der Waals surface area contributed by atoms with Gasteiger partial charge >= 0.3 is 0 Å². The molecule has 0 fully saturated rings. The minimum absolute atomic E-state index is 0.700. The van der Waals surface area contributed by atoms with E-state index in [1.807, 2.05) is 34.9 Å². The fourth-order valence-electron chi connectivity index (χ4n) is 2.10. The Balaban J connectivity index is 1.96. The summed E-state index contributed by atoms with van der Waals surface area (Å²) in [6.45, 7) is 0.791. The van der Waals surface area contributed by atoms with Gasteiger partial charge < -0.3 is 9.55 Å². The van der Waals surface area contributed by atoms with Crippen molar-refractivity contribution >= 4 is 57.8 Å². The number of imidazole rings is 1. The number of rotatable bonds is 3. The molecule has 19 heavy (non-hydrogen) atoms. The number of halogens is 2. The Labute approximate surface area is 129 Å². The summed E-state index contributed by atoms with van der Waals surface area (Å²) in [5.41, 5.74) is 1.94. The maximum atomic E-state index is 6.26. The van der Waals surface area contributed by atoms with E-state index in [1.54, 1.807) is 11.3 Å². The number of nitrogens with one attached hydrogen (secondary N) is 1. The van der Waals surface area contributed by atoms with E-state index in [9.17, 15) is 0 Å². The molecule has 2 aromatic heterocycles. The van der Waals surface area contributed by atoms with E-state index in [0.29, 0.717) is 9.79 Å². The Morgan fingerprint density at radius 2 is 2.05 bits per heavy atom. The third kappa shape index (κ3) is 2.58. The number of thiophene rings is 1. The predicted molar refractivity (Wildman–Crippen MR) is 85.2 cm³/mol. The van der Waals surface area contributed by atoms with Crippen LogP contribution in [0.15, 0.2) is 30.3 Å². The lowest BCUT2D eigenvalue weighted by atomic mass is 10.3. The van der Waals surface area contributed by atoms with Gasteiger partial charge in [-0.15, -0.1) is 11.3 Å². The summed E-state index contributed by atoms with van der Waals surface area (Å²) < 4.78 is 3.56. The van der Waals surface area contributed by atoms with Crippen molar-refractivity contribution in [1.82, 2.24) is 9.55 Å². The molecule has 1 aromatic carbocycles. The fraction of sp³-hybridized carbons (Fsp3) is 0.154. The summed E-state index contributed by atoms with van der Waals surface area (Å²) in [5.74, 6) is 0. The predicted octanol–water partition coefficient (Wildman–Crippen LogP) is 5.31. The van der Waals surface area contributed by atoms with Crippen LogP contribution in [0.25, 0.3) is 11.0 Å². The lowest BCUT2D eigenvalue weighted by molar-refractivity contribution is 0.712. The monoisotopic (exact) mass is 328 g/mol. The van der Waals surface area contributed by atoms with E-state index >= 15 is 0 Å². The van der Waals surface area contributed by atoms with Gasteiger partial charge in [0.15, 0.2) is 4.77 Å². The van der Waals surface area contributed by atoms with Crippen molar-refractivity contribution < 1.29 is 0 Å². The van der Waals surface area contributed by atoms with E-state index < -0.39 is 0 Å². The lowest BCUT2D eigenvalue weighted by Crippen LogP contribution is -2.00. The highest BCUT2D eigenvalue weighted by Crippen LogP contribution is 2.25. The maximum Gasteiger partial charge on any atom is 0.178 e. The minimum Gasteiger partial charge on any atom is -0.331 e. The summed E-state index contributed by atoms with van der Waals surface area (Å²) in [5, 5.41) is 0.717. The topological polar surface area (TPSA) is 20.7 Å². The SMILES string of the molecule is S=c1[nH]c2cccc(Cl)c2n1CCc1ccc(Cl)s1. The molecule has 6 heteroatoms. The highest BCUT2D eigenvalue weighted by Gasteiger charge is 2.08. The highest BCUT2D eigenvalue weighted by molar-refractivity contribution is 7.71. The Morgan fingerprint density at radius 3 is 2.79 bits per heavy atom. The number of hydrogen-bond acceptors (Lipinski definition) is 2. The third-order valence-electron chi connectivity index (χ3n) is 2.95. The fourth-order valence-corrected chi connectivity index (χ4v) is 3.74. The van der Waals surface area contributed by atoms with Crippen LogP contribution in [0.5, 0.6) is 0 Å². The summed E-state index contributed by atoms with van der Waals surface area (Å²) >= 11 is 19.2. The zero-order valence-electron chi connectivity index (χ0n) is 9.82. The molecule has 2 nitrogen and oxygen atoms in total. The van der Waals surface area contributed by atoms with Gasteiger partial charge in [0.05, 0.1) is 20.4 Å². The van der Waals surface area contributed by atoms with Crippen LogP contribution in [0, 0.1) is 4.77 Å². The Hall–Kier alpha value is -0.810. The van der Waals surface area contributed by atoms with Crippen LogP contribution in [0.2, 0.25) is 9.36 Å². The number of nitrogens with zero attached hydrogens (tertiary/aromatic N) is 1. The summed E-state index contributed by atoms with van der Waals surface area (Å²) in [7, 11) is 0. The van der Waals surface area contributed by atoms with E-state index in [1.165, 1.54) is 4.88 Å². The van der Waals surface area contributed by atoms with Gasteiger partial charge in [0.1, 0.15) is 0 Å². The zero-order chi connectivity index (χ0) is 13.4. The summed E-state index contributed by atoms with van der Waals surface area (Å²) in [6.07, 6.45) is 0.893. The van der Waals surface area contributed by atoms with Crippen LogP contribution in [-0.2, 0) is 13.0 Å². The highest BCUT2D eigenvalue weighted by atomic mass is 35.5. The molecule has 2 heterocycles. The molecule has 3 rings (SSSR count). The van der Waals surface area contributed by atoms with Gasteiger partial charge in [-0.3, -0.25) is 0 Å². The van der Waals surface area contributed by atoms with Crippen LogP contribution in [-0.4, -0.2) is 9.55 Å². The number of aryl methyl sites for hydroxylation is 2. The number of benzene rings is 1. The van der Waals surface area contributed by atoms with Gasteiger partial charge in [-0.05, 0) is 42.9 Å². The largest absolute Gasteiger partial charge is 0.331 e. The van der Waals surface area contributed by atoms with Crippen molar-refractivity contribution in [3.63, 3.8) is 0 Å². The van der Waals surface area contributed by atoms with Crippen LogP contribution in [0.1, 0.15) is 4.88 Å². The molecule has 0 bridgehead atoms. The summed E-state index contributed by atoms with van der Waals surface area (Å²) in [6, 6.07) is 9.75. The van der Waals surface area contributed by atoms with Gasteiger partial charge in [0, 0.05) is 11.4 Å². The number of para-hydroxylation sites is 1. The van der Waals surface area contributed by atoms with Crippen molar-refractivity contribution in [1.29, 1.82) is 0 Å². The van der Waals surface area contributed by atoms with E-state index in [-0.39, 0.29) is 0 Å². The van der Waals surface area contributed by atoms with Gasteiger partial charge in [0.25, 0.3) is 0 Å². The number of aromatic amines is 1. The Bertz CT molecular complexity index is 785. The third-order valence-corrected chi connectivity index (χ3v) is 4.87. The quantitative estimate of drug-likeness (QED) is 0.646. The average molecular weight is 329 g/mol. The van der Waals surface area contributed by atoms with Gasteiger partial charge in [-0.25, -0.2) is 0 Å². The van der Waals surface area contributed by atoms with E-state index in [0.717, 1.165) is 28.3 Å². The van der Waals surface area contributed by atoms with E-state index in [4.69, 9.17) is 35.4 Å². The molecule has 0 unspecified atom stereocenters. The molecule has 0 aliphatic heterocycles. The molecular formula is C13H10Cl2N2S2. The van der Waals surface area contributed by atoms with Crippen molar-refractivity contribution in [2.45, 2.75) is 13.0 Å². The van der Waals surface area contributed by atoms with Crippen LogP contribution in [0.3, 0.4) is 0 Å². The second kappa shape index (κ2) is 5.29. The van der Waals surface area contributed by atoms with E-state index in [2.05, 4.69) is 4.98 Å². The first-order chi connectivity index (χ1) is 9.15. The number of hydrogen-bond donors (Lipinski definition) is 1. The Kier molecular flexibility index (Phi) is 3.67. The second-order valence-corrected chi connectivity index (χ2v) is 6.77. The molecule has 0 saturated carbocycles. The van der Waals surface area contributed by atoms with Crippen LogP contribution >= 0.6 is 46.8 Å². The number of aromatic nitrogens is 2. The zero-order valence-corrected chi connectivity index (χ0v) is 13.0. The van der Waals surface area contributed by atoms with Gasteiger partial charge in [-0.1, -0.05) is 29.3 Å². The first-order valence-corrected chi connectivity index (χ1v) is 7.74. The normalized spacial score (nSPS) is 11.3. The smallest absolute Gasteiger partial charge is 0.178 e. The molecule has 0 saturated heterocycles. The van der Waals surface area contributed by atoms with Crippen molar-refractivity contribution in [3.05, 3.63) is 49.3 Å². The molecule has 3 aromatic rings. The molecule has 0 radical (unpaired) electrons. The van der Waals surface area contributed by atoms with Gasteiger partial charge in [-0.2, -0.15) is 0 Å². The first kappa shape index (κ1) is 13.2. The first-order valence-electron chi connectivity index (χ1n) is 5.76. The maximum absolute atomic E-state index is 6.26. The lowest BCUT2D eigenvalue weighted by Gasteiger charge is -2.04. The molecular weight excluding hydrogens is 319 g/mol. The molecule has 0 atom stereocenters. The van der Waals surface area contributed by atoms with Crippen LogP contribution in [0.4, 0.5) is 0 Å².